The number of amidine groups is 1. The van der Waals surface area contributed by atoms with Gasteiger partial charge in [0.25, 0.3) is 0 Å². The molecular weight excluding hydrogens is 244 g/mol. The molecule has 0 amide bonds. The number of hydrogen-bond acceptors (Lipinski definition) is 5. The van der Waals surface area contributed by atoms with Gasteiger partial charge in [-0.3, -0.25) is 10.1 Å². The van der Waals surface area contributed by atoms with Gasteiger partial charge in [0, 0.05) is 31.1 Å². The number of rotatable bonds is 4. The van der Waals surface area contributed by atoms with Crippen LogP contribution in [-0.4, -0.2) is 35.3 Å². The summed E-state index contributed by atoms with van der Waals surface area (Å²) < 4.78 is 5.27. The Morgan fingerprint density at radius 1 is 1.53 bits per heavy atom. The Morgan fingerprint density at radius 3 is 2.89 bits per heavy atom. The lowest BCUT2D eigenvalue weighted by Gasteiger charge is -2.18. The highest BCUT2D eigenvalue weighted by atomic mass is 16.5. The van der Waals surface area contributed by atoms with Crippen molar-refractivity contribution in [3.8, 4) is 0 Å². The zero-order chi connectivity index (χ0) is 13.7. The predicted molar refractivity (Wildman–Crippen MR) is 74.7 cm³/mol. The summed E-state index contributed by atoms with van der Waals surface area (Å²) in [6.07, 6.45) is 3.42. The molecule has 0 spiro atoms. The van der Waals surface area contributed by atoms with Gasteiger partial charge in [-0.25, -0.2) is 0 Å². The van der Waals surface area contributed by atoms with Crippen molar-refractivity contribution in [2.75, 3.05) is 18.5 Å². The lowest BCUT2D eigenvalue weighted by atomic mass is 10.1. The molecule has 0 saturated carbocycles. The molecular formula is C12H20N6O. The van der Waals surface area contributed by atoms with Crippen molar-refractivity contribution in [1.82, 2.24) is 10.2 Å². The summed E-state index contributed by atoms with van der Waals surface area (Å²) in [5.41, 5.74) is 12.6. The van der Waals surface area contributed by atoms with Crippen molar-refractivity contribution in [3.63, 3.8) is 0 Å². The van der Waals surface area contributed by atoms with Gasteiger partial charge in [-0.15, -0.1) is 0 Å². The highest BCUT2D eigenvalue weighted by molar-refractivity contribution is 5.92. The first-order valence-corrected chi connectivity index (χ1v) is 6.30. The molecule has 0 atom stereocenters. The second-order valence-corrected chi connectivity index (χ2v) is 4.56. The summed E-state index contributed by atoms with van der Waals surface area (Å²) in [7, 11) is 0. The number of aromatic amines is 1. The number of nitrogens with one attached hydrogen (secondary N) is 2. The van der Waals surface area contributed by atoms with Gasteiger partial charge in [0.15, 0.2) is 5.82 Å². The standard InChI is InChI=1S/C12H20N6O/c1-8-6-12(18-17-8)16-11(14)7-10(13)15-9-2-4-19-5-3-9/h6-7,9H,2-5,14H2,1H3,(H2,13,15)(H2,16,17,18)/b11-7+. The molecule has 0 bridgehead atoms. The van der Waals surface area contributed by atoms with Crippen LogP contribution in [0.4, 0.5) is 5.82 Å². The molecule has 0 radical (unpaired) electrons. The number of aryl methyl sites for hydroxylation is 1. The van der Waals surface area contributed by atoms with Crippen LogP contribution in [0.25, 0.3) is 0 Å². The topological polar surface area (TPSA) is 114 Å². The van der Waals surface area contributed by atoms with Crippen LogP contribution in [-0.2, 0) is 4.74 Å². The van der Waals surface area contributed by atoms with Crippen molar-refractivity contribution >= 4 is 11.7 Å². The fourth-order valence-corrected chi connectivity index (χ4v) is 1.89. The number of H-pyrrole nitrogens is 1. The van der Waals surface area contributed by atoms with Crippen molar-refractivity contribution < 1.29 is 4.74 Å². The average Bonchev–Trinajstić information content (AvgIpc) is 2.75. The fourth-order valence-electron chi connectivity index (χ4n) is 1.89. The van der Waals surface area contributed by atoms with E-state index in [4.69, 9.17) is 16.2 Å². The molecule has 0 aromatic carbocycles. The Kier molecular flexibility index (Phi) is 4.40. The number of hydrogen-bond donors (Lipinski definition) is 4. The number of aromatic nitrogens is 2. The van der Waals surface area contributed by atoms with E-state index < -0.39 is 0 Å². The Hall–Kier alpha value is -2.02. The summed E-state index contributed by atoms with van der Waals surface area (Å²) in [5, 5.41) is 9.79. The molecule has 1 saturated heterocycles. The van der Waals surface area contributed by atoms with Crippen LogP contribution in [0.1, 0.15) is 18.5 Å². The second kappa shape index (κ2) is 6.24. The zero-order valence-electron chi connectivity index (χ0n) is 11.0. The van der Waals surface area contributed by atoms with E-state index in [1.54, 1.807) is 6.08 Å². The quantitative estimate of drug-likeness (QED) is 0.466. The minimum absolute atomic E-state index is 0.227. The normalized spacial score (nSPS) is 18.6. The molecule has 1 aromatic heterocycles. The summed E-state index contributed by atoms with van der Waals surface area (Å²) in [5.74, 6) is 1.49. The van der Waals surface area contributed by atoms with E-state index in [9.17, 15) is 0 Å². The van der Waals surface area contributed by atoms with Crippen LogP contribution in [0.15, 0.2) is 23.0 Å². The molecule has 7 nitrogen and oxygen atoms in total. The number of anilines is 1. The van der Waals surface area contributed by atoms with Gasteiger partial charge in [-0.05, 0) is 19.8 Å². The van der Waals surface area contributed by atoms with E-state index in [0.29, 0.717) is 17.5 Å². The first-order chi connectivity index (χ1) is 9.13. The van der Waals surface area contributed by atoms with Gasteiger partial charge >= 0.3 is 0 Å². The highest BCUT2D eigenvalue weighted by Crippen LogP contribution is 2.10. The van der Waals surface area contributed by atoms with E-state index in [0.717, 1.165) is 31.7 Å². The maximum absolute atomic E-state index is 5.85. The van der Waals surface area contributed by atoms with Crippen molar-refractivity contribution in [2.24, 2.45) is 16.5 Å². The van der Waals surface area contributed by atoms with Crippen LogP contribution in [0, 0.1) is 6.92 Å². The fraction of sp³-hybridized carbons (Fsp3) is 0.500. The van der Waals surface area contributed by atoms with E-state index in [2.05, 4.69) is 20.5 Å². The SMILES string of the molecule is Cc1cc(N/C(N)=C/C(N)=NC2CCOCC2)n[nH]1. The van der Waals surface area contributed by atoms with Crippen LogP contribution < -0.4 is 16.8 Å². The molecule has 2 rings (SSSR count). The summed E-state index contributed by atoms with van der Waals surface area (Å²) in [4.78, 5) is 4.41. The summed E-state index contributed by atoms with van der Waals surface area (Å²) in [6, 6.07) is 2.08. The third kappa shape index (κ3) is 4.29. The molecule has 6 N–H and O–H groups in total. The first-order valence-electron chi connectivity index (χ1n) is 6.30. The van der Waals surface area contributed by atoms with Crippen LogP contribution in [0.2, 0.25) is 0 Å². The largest absolute Gasteiger partial charge is 0.385 e. The molecule has 104 valence electrons. The maximum atomic E-state index is 5.85. The van der Waals surface area contributed by atoms with Gasteiger partial charge in [-0.1, -0.05) is 0 Å². The first kappa shape index (κ1) is 13.4. The highest BCUT2D eigenvalue weighted by Gasteiger charge is 2.12. The Balaban J connectivity index is 1.93. The van der Waals surface area contributed by atoms with Crippen molar-refractivity contribution in [2.45, 2.75) is 25.8 Å². The lowest BCUT2D eigenvalue weighted by molar-refractivity contribution is 0.0871. The van der Waals surface area contributed by atoms with Crippen LogP contribution in [0.5, 0.6) is 0 Å². The third-order valence-corrected chi connectivity index (χ3v) is 2.80. The van der Waals surface area contributed by atoms with E-state index in [1.807, 2.05) is 13.0 Å². The Labute approximate surface area is 112 Å². The second-order valence-electron chi connectivity index (χ2n) is 4.56. The molecule has 1 aliphatic heterocycles. The van der Waals surface area contributed by atoms with Crippen LogP contribution in [0.3, 0.4) is 0 Å². The summed E-state index contributed by atoms with van der Waals surface area (Å²) >= 11 is 0. The Morgan fingerprint density at radius 2 is 2.26 bits per heavy atom. The molecule has 0 unspecified atom stereocenters. The van der Waals surface area contributed by atoms with Crippen LogP contribution >= 0.6 is 0 Å². The molecule has 1 aromatic rings. The van der Waals surface area contributed by atoms with Gasteiger partial charge in [0.2, 0.25) is 0 Å². The van der Waals surface area contributed by atoms with E-state index in [1.165, 1.54) is 0 Å². The lowest BCUT2D eigenvalue weighted by Crippen LogP contribution is -2.23. The number of aliphatic imine (C=N–C) groups is 1. The van der Waals surface area contributed by atoms with Gasteiger partial charge < -0.3 is 21.5 Å². The average molecular weight is 264 g/mol. The molecule has 7 heteroatoms. The van der Waals surface area contributed by atoms with Crippen molar-refractivity contribution in [1.29, 1.82) is 0 Å². The molecule has 2 heterocycles. The van der Waals surface area contributed by atoms with Gasteiger partial charge in [0.1, 0.15) is 11.7 Å². The molecule has 19 heavy (non-hydrogen) atoms. The third-order valence-electron chi connectivity index (χ3n) is 2.80. The number of nitrogens with zero attached hydrogens (tertiary/aromatic N) is 2. The van der Waals surface area contributed by atoms with Gasteiger partial charge in [-0.2, -0.15) is 5.10 Å². The van der Waals surface area contributed by atoms with Crippen molar-refractivity contribution in [3.05, 3.63) is 23.7 Å². The zero-order valence-corrected chi connectivity index (χ0v) is 11.0. The molecule has 1 fully saturated rings. The maximum Gasteiger partial charge on any atom is 0.153 e. The predicted octanol–water partition coefficient (Wildman–Crippen LogP) is 0.466. The minimum atomic E-state index is 0.227. The minimum Gasteiger partial charge on any atom is -0.385 e. The van der Waals surface area contributed by atoms with E-state index >= 15 is 0 Å². The molecule has 0 aliphatic carbocycles. The smallest absolute Gasteiger partial charge is 0.153 e. The number of nitrogens with two attached hydrogens (primary N) is 2. The molecule has 1 aliphatic rings. The monoisotopic (exact) mass is 264 g/mol. The van der Waals surface area contributed by atoms with E-state index in [-0.39, 0.29) is 6.04 Å². The summed E-state index contributed by atoms with van der Waals surface area (Å²) in [6.45, 7) is 3.40. The Bertz CT molecular complexity index is 472. The van der Waals surface area contributed by atoms with Gasteiger partial charge in [0.05, 0.1) is 6.04 Å². The number of ether oxygens (including phenoxy) is 1.